The second-order valence-electron chi connectivity index (χ2n) is 4.01. The maximum atomic E-state index is 11.3. The van der Waals surface area contributed by atoms with E-state index in [2.05, 4.69) is 10.3 Å². The number of rotatable bonds is 3. The third kappa shape index (κ3) is 2.08. The van der Waals surface area contributed by atoms with E-state index in [0.29, 0.717) is 4.96 Å². The fourth-order valence-corrected chi connectivity index (χ4v) is 3.83. The minimum Gasteiger partial charge on any atom is -0.358 e. The molecule has 1 N–H and O–H groups in total. The summed E-state index contributed by atoms with van der Waals surface area (Å²) in [7, 11) is -3.21. The third-order valence-electron chi connectivity index (χ3n) is 2.66. The first kappa shape index (κ1) is 12.1. The van der Waals surface area contributed by atoms with Crippen LogP contribution in [0.15, 0.2) is 23.1 Å². The Balaban J connectivity index is 1.97. The van der Waals surface area contributed by atoms with Gasteiger partial charge in [-0.25, -0.2) is 8.42 Å². The summed E-state index contributed by atoms with van der Waals surface area (Å²) in [4.78, 5) is 15.1. The maximum Gasteiger partial charge on any atom is 0.372 e. The summed E-state index contributed by atoms with van der Waals surface area (Å²) in [6.07, 6.45) is 3.02. The van der Waals surface area contributed by atoms with E-state index in [1.807, 2.05) is 0 Å². The number of hydrogen-bond donors (Lipinski definition) is 1. The third-order valence-corrected chi connectivity index (χ3v) is 4.81. The van der Waals surface area contributed by atoms with E-state index in [0.717, 1.165) is 5.41 Å². The molecule has 0 radical (unpaired) electrons. The van der Waals surface area contributed by atoms with Crippen LogP contribution in [0.25, 0.3) is 4.96 Å². The average Bonchev–Trinajstić information content (AvgIpc) is 2.92. The van der Waals surface area contributed by atoms with E-state index in [9.17, 15) is 18.5 Å². The molecule has 0 aliphatic carbocycles. The molecule has 1 atom stereocenters. The molecule has 0 spiro atoms. The molecule has 100 valence electrons. The van der Waals surface area contributed by atoms with E-state index in [4.69, 9.17) is 0 Å². The van der Waals surface area contributed by atoms with Crippen LogP contribution in [-0.4, -0.2) is 34.5 Å². The van der Waals surface area contributed by atoms with Crippen molar-refractivity contribution >= 4 is 37.8 Å². The topological polar surface area (TPSA) is 107 Å². The van der Waals surface area contributed by atoms with Gasteiger partial charge in [0, 0.05) is 10.8 Å². The number of aromatic nitrogens is 2. The van der Waals surface area contributed by atoms with Crippen LogP contribution >= 0.6 is 11.3 Å². The highest BCUT2D eigenvalue weighted by molar-refractivity contribution is 7.94. The lowest BCUT2D eigenvalue weighted by Gasteiger charge is -2.07. The quantitative estimate of drug-likeness (QED) is 0.670. The number of anilines is 1. The molecule has 0 bridgehead atoms. The second-order valence-corrected chi connectivity index (χ2v) is 6.81. The Bertz CT molecular complexity index is 788. The van der Waals surface area contributed by atoms with Gasteiger partial charge >= 0.3 is 5.82 Å². The molecule has 1 unspecified atom stereocenters. The number of sulfone groups is 1. The summed E-state index contributed by atoms with van der Waals surface area (Å²) < 4.78 is 23.9. The van der Waals surface area contributed by atoms with Crippen molar-refractivity contribution in [3.05, 3.63) is 33.2 Å². The van der Waals surface area contributed by atoms with Crippen LogP contribution in [0.4, 0.5) is 11.6 Å². The minimum absolute atomic E-state index is 0.0867. The van der Waals surface area contributed by atoms with Crippen LogP contribution in [0, 0.1) is 10.1 Å². The van der Waals surface area contributed by atoms with Crippen molar-refractivity contribution in [1.82, 2.24) is 9.38 Å². The SMILES string of the molecule is O=[N+]([O-])c1c(NC2C=CS(=O)(=O)C2)nc2sccn12. The van der Waals surface area contributed by atoms with E-state index in [-0.39, 0.29) is 17.4 Å². The Hall–Kier alpha value is -1.94. The number of fused-ring (bicyclic) bond motifs is 1. The van der Waals surface area contributed by atoms with Crippen LogP contribution in [0.2, 0.25) is 0 Å². The zero-order chi connectivity index (χ0) is 13.6. The highest BCUT2D eigenvalue weighted by Gasteiger charge is 2.28. The average molecular weight is 300 g/mol. The zero-order valence-electron chi connectivity index (χ0n) is 9.38. The first-order chi connectivity index (χ1) is 8.96. The number of imidazole rings is 1. The molecular formula is C9H8N4O4S2. The monoisotopic (exact) mass is 300 g/mol. The molecule has 0 amide bonds. The van der Waals surface area contributed by atoms with Gasteiger partial charge in [-0.2, -0.15) is 9.38 Å². The molecule has 10 heteroatoms. The Morgan fingerprint density at radius 1 is 1.58 bits per heavy atom. The first-order valence-corrected chi connectivity index (χ1v) is 7.83. The van der Waals surface area contributed by atoms with Crippen molar-refractivity contribution in [2.75, 3.05) is 11.1 Å². The lowest BCUT2D eigenvalue weighted by Crippen LogP contribution is -2.21. The molecule has 2 aromatic heterocycles. The molecule has 8 nitrogen and oxygen atoms in total. The van der Waals surface area contributed by atoms with E-state index < -0.39 is 20.8 Å². The molecular weight excluding hydrogens is 292 g/mol. The standard InChI is InChI=1S/C9H8N4O4S2/c14-13(15)8-7(11-9-12(8)2-3-18-9)10-6-1-4-19(16,17)5-6/h1-4,6,10H,5H2. The van der Waals surface area contributed by atoms with Gasteiger partial charge in [-0.1, -0.05) is 11.3 Å². The molecule has 1 aliphatic rings. The number of thiazole rings is 1. The Kier molecular flexibility index (Phi) is 2.57. The highest BCUT2D eigenvalue weighted by Crippen LogP contribution is 2.29. The Labute approximate surface area is 111 Å². The number of hydrogen-bond acceptors (Lipinski definition) is 7. The molecule has 0 saturated heterocycles. The first-order valence-electron chi connectivity index (χ1n) is 5.24. The van der Waals surface area contributed by atoms with Crippen LogP contribution in [0.1, 0.15) is 0 Å². The lowest BCUT2D eigenvalue weighted by molar-refractivity contribution is -0.389. The maximum absolute atomic E-state index is 11.3. The van der Waals surface area contributed by atoms with Gasteiger partial charge in [0.15, 0.2) is 9.84 Å². The van der Waals surface area contributed by atoms with Crippen molar-refractivity contribution in [2.24, 2.45) is 0 Å². The zero-order valence-corrected chi connectivity index (χ0v) is 11.0. The van der Waals surface area contributed by atoms with Gasteiger partial charge in [0.25, 0.3) is 4.96 Å². The fourth-order valence-electron chi connectivity index (χ4n) is 1.89. The highest BCUT2D eigenvalue weighted by atomic mass is 32.2. The summed E-state index contributed by atoms with van der Waals surface area (Å²) in [5, 5.41) is 16.7. The molecule has 3 heterocycles. The van der Waals surface area contributed by atoms with Gasteiger partial charge in [-0.3, -0.25) is 0 Å². The molecule has 0 fully saturated rings. The van der Waals surface area contributed by atoms with Crippen molar-refractivity contribution in [1.29, 1.82) is 0 Å². The van der Waals surface area contributed by atoms with Gasteiger partial charge in [0.05, 0.1) is 11.8 Å². The van der Waals surface area contributed by atoms with Gasteiger partial charge in [-0.05, 0) is 11.0 Å². The van der Waals surface area contributed by atoms with Crippen molar-refractivity contribution in [3.8, 4) is 0 Å². The van der Waals surface area contributed by atoms with Crippen molar-refractivity contribution in [3.63, 3.8) is 0 Å². The summed E-state index contributed by atoms with van der Waals surface area (Å²) in [6, 6.07) is -0.492. The predicted molar refractivity (Wildman–Crippen MR) is 70.1 cm³/mol. The van der Waals surface area contributed by atoms with Crippen LogP contribution in [0.3, 0.4) is 0 Å². The minimum atomic E-state index is -3.21. The van der Waals surface area contributed by atoms with Crippen LogP contribution in [-0.2, 0) is 9.84 Å². The van der Waals surface area contributed by atoms with E-state index >= 15 is 0 Å². The van der Waals surface area contributed by atoms with Gasteiger partial charge in [0.1, 0.15) is 6.20 Å². The smallest absolute Gasteiger partial charge is 0.358 e. The fraction of sp³-hybridized carbons (Fsp3) is 0.222. The Morgan fingerprint density at radius 2 is 2.37 bits per heavy atom. The largest absolute Gasteiger partial charge is 0.372 e. The molecule has 2 aromatic rings. The number of nitrogens with one attached hydrogen (secondary N) is 1. The molecule has 3 rings (SSSR count). The van der Waals surface area contributed by atoms with Crippen molar-refractivity contribution in [2.45, 2.75) is 6.04 Å². The predicted octanol–water partition coefficient (Wildman–Crippen LogP) is 1.03. The van der Waals surface area contributed by atoms with Gasteiger partial charge in [-0.15, -0.1) is 0 Å². The summed E-state index contributed by atoms with van der Waals surface area (Å²) in [5.74, 6) is -0.215. The normalized spacial score (nSPS) is 20.9. The second kappa shape index (κ2) is 4.03. The van der Waals surface area contributed by atoms with Crippen LogP contribution in [0.5, 0.6) is 0 Å². The van der Waals surface area contributed by atoms with Crippen LogP contribution < -0.4 is 5.32 Å². The summed E-state index contributed by atoms with van der Waals surface area (Å²) in [6.45, 7) is 0. The van der Waals surface area contributed by atoms with E-state index in [1.165, 1.54) is 21.8 Å². The number of nitrogens with zero attached hydrogens (tertiary/aromatic N) is 3. The van der Waals surface area contributed by atoms with Gasteiger partial charge < -0.3 is 15.4 Å². The molecule has 1 aliphatic heterocycles. The number of nitro groups is 1. The molecule has 0 aromatic carbocycles. The lowest BCUT2D eigenvalue weighted by atomic mass is 10.3. The van der Waals surface area contributed by atoms with E-state index in [1.54, 1.807) is 11.6 Å². The summed E-state index contributed by atoms with van der Waals surface area (Å²) >= 11 is 1.27. The van der Waals surface area contributed by atoms with Crippen molar-refractivity contribution < 1.29 is 13.3 Å². The Morgan fingerprint density at radius 3 is 3.00 bits per heavy atom. The molecule has 0 saturated carbocycles. The summed E-state index contributed by atoms with van der Waals surface area (Å²) in [5.41, 5.74) is 0. The van der Waals surface area contributed by atoms with Gasteiger partial charge in [0.2, 0.25) is 5.82 Å². The molecule has 19 heavy (non-hydrogen) atoms.